The summed E-state index contributed by atoms with van der Waals surface area (Å²) in [7, 11) is 3.49. The fourth-order valence-corrected chi connectivity index (χ4v) is 2.45. The number of amides is 1. The van der Waals surface area contributed by atoms with Gasteiger partial charge in [-0.05, 0) is 55.2 Å². The Morgan fingerprint density at radius 2 is 1.83 bits per heavy atom. The summed E-state index contributed by atoms with van der Waals surface area (Å²) in [5, 5.41) is 0. The Balaban J connectivity index is 1.99. The zero-order valence-electron chi connectivity index (χ0n) is 14.3. The monoisotopic (exact) mass is 312 g/mol. The summed E-state index contributed by atoms with van der Waals surface area (Å²) in [6.07, 6.45) is 4.74. The maximum Gasteiger partial charge on any atom is 0.226 e. The minimum Gasteiger partial charge on any atom is -0.496 e. The normalized spacial score (nSPS) is 10.4. The Bertz CT molecular complexity index is 669. The van der Waals surface area contributed by atoms with Crippen LogP contribution >= 0.6 is 0 Å². The van der Waals surface area contributed by atoms with Gasteiger partial charge in [-0.25, -0.2) is 0 Å². The third-order valence-corrected chi connectivity index (χ3v) is 4.15. The minimum atomic E-state index is 0.0978. The summed E-state index contributed by atoms with van der Waals surface area (Å²) in [6.45, 7) is 4.79. The van der Waals surface area contributed by atoms with Gasteiger partial charge >= 0.3 is 0 Å². The van der Waals surface area contributed by atoms with Gasteiger partial charge in [-0.15, -0.1) is 0 Å². The number of rotatable bonds is 6. The van der Waals surface area contributed by atoms with Gasteiger partial charge in [-0.1, -0.05) is 6.07 Å². The van der Waals surface area contributed by atoms with Crippen LogP contribution in [0.15, 0.2) is 36.7 Å². The first kappa shape index (κ1) is 17.0. The molecule has 2 rings (SSSR count). The topological polar surface area (TPSA) is 42.4 Å². The van der Waals surface area contributed by atoms with E-state index in [1.54, 1.807) is 24.4 Å². The van der Waals surface area contributed by atoms with Crippen molar-refractivity contribution in [1.29, 1.82) is 0 Å². The van der Waals surface area contributed by atoms with Crippen molar-refractivity contribution in [3.63, 3.8) is 0 Å². The van der Waals surface area contributed by atoms with E-state index in [-0.39, 0.29) is 5.91 Å². The first-order chi connectivity index (χ1) is 11.0. The highest BCUT2D eigenvalue weighted by molar-refractivity contribution is 5.79. The number of nitrogens with zero attached hydrogens (tertiary/aromatic N) is 2. The van der Waals surface area contributed by atoms with Gasteiger partial charge < -0.3 is 9.64 Å². The third kappa shape index (κ3) is 4.55. The Morgan fingerprint density at radius 1 is 1.17 bits per heavy atom. The fourth-order valence-electron chi connectivity index (χ4n) is 2.45. The second-order valence-electron chi connectivity index (χ2n) is 5.85. The van der Waals surface area contributed by atoms with Crippen molar-refractivity contribution in [2.45, 2.75) is 26.7 Å². The molecule has 4 nitrogen and oxygen atoms in total. The van der Waals surface area contributed by atoms with E-state index in [1.165, 1.54) is 16.7 Å². The van der Waals surface area contributed by atoms with Crippen LogP contribution < -0.4 is 4.74 Å². The number of aryl methyl sites for hydroxylation is 2. The van der Waals surface area contributed by atoms with Gasteiger partial charge in [0.25, 0.3) is 0 Å². The number of pyridine rings is 1. The zero-order valence-corrected chi connectivity index (χ0v) is 14.3. The molecule has 0 saturated heterocycles. The van der Waals surface area contributed by atoms with Gasteiger partial charge in [0.1, 0.15) is 5.75 Å². The molecule has 0 N–H and O–H groups in total. The number of likely N-dealkylation sites (N-methyl/N-ethyl adjacent to an activating group) is 1. The Hall–Kier alpha value is -2.36. The molecule has 1 amide bonds. The van der Waals surface area contributed by atoms with Crippen molar-refractivity contribution in [2.24, 2.45) is 0 Å². The first-order valence-corrected chi connectivity index (χ1v) is 7.78. The van der Waals surface area contributed by atoms with Crippen molar-refractivity contribution < 1.29 is 9.53 Å². The van der Waals surface area contributed by atoms with E-state index in [2.05, 4.69) is 11.9 Å². The van der Waals surface area contributed by atoms with Crippen molar-refractivity contribution in [2.75, 3.05) is 20.7 Å². The molecular formula is C19H24N2O2. The van der Waals surface area contributed by atoms with Gasteiger partial charge in [0.2, 0.25) is 5.91 Å². The summed E-state index contributed by atoms with van der Waals surface area (Å²) in [6, 6.07) is 7.99. The summed E-state index contributed by atoms with van der Waals surface area (Å²) in [4.78, 5) is 18.2. The second-order valence-corrected chi connectivity index (χ2v) is 5.85. The first-order valence-electron chi connectivity index (χ1n) is 7.78. The number of hydrogen-bond acceptors (Lipinski definition) is 3. The molecule has 2 aromatic rings. The molecule has 0 bridgehead atoms. The van der Waals surface area contributed by atoms with Crippen LogP contribution in [0.1, 0.15) is 22.3 Å². The average Bonchev–Trinajstić information content (AvgIpc) is 2.56. The maximum absolute atomic E-state index is 12.5. The van der Waals surface area contributed by atoms with Gasteiger partial charge in [-0.2, -0.15) is 0 Å². The molecule has 0 aliphatic heterocycles. The van der Waals surface area contributed by atoms with Gasteiger partial charge in [-0.3, -0.25) is 9.78 Å². The van der Waals surface area contributed by atoms with Crippen LogP contribution in [0, 0.1) is 13.8 Å². The van der Waals surface area contributed by atoms with E-state index in [0.29, 0.717) is 13.0 Å². The minimum absolute atomic E-state index is 0.0978. The molecule has 0 unspecified atom stereocenters. The molecule has 0 aliphatic carbocycles. The Kier molecular flexibility index (Phi) is 5.74. The molecule has 1 aromatic carbocycles. The molecule has 0 spiro atoms. The molecule has 4 heteroatoms. The van der Waals surface area contributed by atoms with Gasteiger partial charge in [0.15, 0.2) is 0 Å². The van der Waals surface area contributed by atoms with Crippen LogP contribution in [0.5, 0.6) is 5.75 Å². The number of ether oxygens (including phenoxy) is 1. The van der Waals surface area contributed by atoms with E-state index < -0.39 is 0 Å². The number of methoxy groups -OCH3 is 1. The van der Waals surface area contributed by atoms with Crippen LogP contribution in [0.3, 0.4) is 0 Å². The van der Waals surface area contributed by atoms with Crippen molar-refractivity contribution >= 4 is 5.91 Å². The van der Waals surface area contributed by atoms with Crippen molar-refractivity contribution in [3.8, 4) is 5.75 Å². The van der Waals surface area contributed by atoms with E-state index in [0.717, 1.165) is 17.7 Å². The molecule has 0 radical (unpaired) electrons. The molecule has 122 valence electrons. The fraction of sp³-hybridized carbons (Fsp3) is 0.368. The standard InChI is InChI=1S/C19H24N2O2/c1-14-11-17(18(23-4)12-15(14)2)13-19(22)21(3)10-7-16-5-8-20-9-6-16/h5-6,8-9,11-12H,7,10,13H2,1-4H3. The summed E-state index contributed by atoms with van der Waals surface area (Å²) in [5.74, 6) is 0.879. The van der Waals surface area contributed by atoms with Crippen LogP contribution in [-0.2, 0) is 17.6 Å². The van der Waals surface area contributed by atoms with E-state index in [1.807, 2.05) is 38.2 Å². The molecule has 0 atom stereocenters. The number of hydrogen-bond donors (Lipinski definition) is 0. The van der Waals surface area contributed by atoms with Gasteiger partial charge in [0, 0.05) is 31.5 Å². The molecule has 0 fully saturated rings. The highest BCUT2D eigenvalue weighted by Gasteiger charge is 2.14. The van der Waals surface area contributed by atoms with Crippen LogP contribution in [0.4, 0.5) is 0 Å². The quantitative estimate of drug-likeness (QED) is 0.823. The molecule has 23 heavy (non-hydrogen) atoms. The lowest BCUT2D eigenvalue weighted by atomic mass is 10.0. The molecule has 1 aromatic heterocycles. The lowest BCUT2D eigenvalue weighted by molar-refractivity contribution is -0.129. The van der Waals surface area contributed by atoms with E-state index in [4.69, 9.17) is 4.74 Å². The van der Waals surface area contributed by atoms with Crippen molar-refractivity contribution in [1.82, 2.24) is 9.88 Å². The lowest BCUT2D eigenvalue weighted by Crippen LogP contribution is -2.30. The molecule has 0 saturated carbocycles. The van der Waals surface area contributed by atoms with E-state index >= 15 is 0 Å². The van der Waals surface area contributed by atoms with Crippen molar-refractivity contribution in [3.05, 3.63) is 58.9 Å². The molecular weight excluding hydrogens is 288 g/mol. The highest BCUT2D eigenvalue weighted by Crippen LogP contribution is 2.23. The lowest BCUT2D eigenvalue weighted by Gasteiger charge is -2.18. The summed E-state index contributed by atoms with van der Waals surface area (Å²) >= 11 is 0. The second kappa shape index (κ2) is 7.77. The highest BCUT2D eigenvalue weighted by atomic mass is 16.5. The third-order valence-electron chi connectivity index (χ3n) is 4.15. The predicted molar refractivity (Wildman–Crippen MR) is 91.8 cm³/mol. The predicted octanol–water partition coefficient (Wildman–Crippen LogP) is 2.95. The van der Waals surface area contributed by atoms with E-state index in [9.17, 15) is 4.79 Å². The van der Waals surface area contributed by atoms with Crippen LogP contribution in [-0.4, -0.2) is 36.5 Å². The van der Waals surface area contributed by atoms with Crippen LogP contribution in [0.25, 0.3) is 0 Å². The zero-order chi connectivity index (χ0) is 16.8. The number of carbonyl (C=O) groups is 1. The smallest absolute Gasteiger partial charge is 0.226 e. The maximum atomic E-state index is 12.5. The molecule has 1 heterocycles. The molecule has 0 aliphatic rings. The van der Waals surface area contributed by atoms with Crippen LogP contribution in [0.2, 0.25) is 0 Å². The number of carbonyl (C=O) groups excluding carboxylic acids is 1. The number of aromatic nitrogens is 1. The number of benzene rings is 1. The Labute approximate surface area is 138 Å². The largest absolute Gasteiger partial charge is 0.496 e. The average molecular weight is 312 g/mol. The SMILES string of the molecule is COc1cc(C)c(C)cc1CC(=O)N(C)CCc1ccncc1. The summed E-state index contributed by atoms with van der Waals surface area (Å²) < 4.78 is 5.41. The van der Waals surface area contributed by atoms with Gasteiger partial charge in [0.05, 0.1) is 13.5 Å². The summed E-state index contributed by atoms with van der Waals surface area (Å²) in [5.41, 5.74) is 4.47. The Morgan fingerprint density at radius 3 is 2.48 bits per heavy atom.